The molecule has 2 nitrogen and oxygen atoms in total. The van der Waals surface area contributed by atoms with Crippen LogP contribution in [-0.2, 0) is 0 Å². The molecule has 0 radical (unpaired) electrons. The zero-order chi connectivity index (χ0) is 9.31. The molecular formula is C10H13ClN2. The highest BCUT2D eigenvalue weighted by Gasteiger charge is 2.36. The molecule has 0 unspecified atom stereocenters. The molecule has 2 rings (SSSR count). The second kappa shape index (κ2) is 3.18. The van der Waals surface area contributed by atoms with E-state index >= 15 is 0 Å². The van der Waals surface area contributed by atoms with Crippen LogP contribution in [0.4, 0.5) is 5.69 Å². The van der Waals surface area contributed by atoms with E-state index in [0.29, 0.717) is 10.4 Å². The molecule has 0 aliphatic heterocycles. The Balaban J connectivity index is 1.97. The van der Waals surface area contributed by atoms with Crippen molar-refractivity contribution in [1.29, 1.82) is 0 Å². The van der Waals surface area contributed by atoms with Gasteiger partial charge in [0.25, 0.3) is 0 Å². The highest BCUT2D eigenvalue weighted by molar-refractivity contribution is 6.33. The lowest BCUT2D eigenvalue weighted by Gasteiger charge is -2.11. The number of pyridine rings is 1. The average Bonchev–Trinajstić information content (AvgIpc) is 2.83. The predicted octanol–water partition coefficient (Wildman–Crippen LogP) is 2.95. The van der Waals surface area contributed by atoms with Crippen molar-refractivity contribution in [2.75, 3.05) is 11.9 Å². The van der Waals surface area contributed by atoms with Crippen LogP contribution in [0, 0.1) is 5.41 Å². The number of nitrogens with one attached hydrogen (secondary N) is 1. The first-order chi connectivity index (χ1) is 6.20. The van der Waals surface area contributed by atoms with Crippen LogP contribution in [0.25, 0.3) is 0 Å². The molecule has 0 bridgehead atoms. The van der Waals surface area contributed by atoms with Crippen molar-refractivity contribution in [3.05, 3.63) is 23.5 Å². The first kappa shape index (κ1) is 8.82. The van der Waals surface area contributed by atoms with Crippen molar-refractivity contribution in [3.8, 4) is 0 Å². The van der Waals surface area contributed by atoms with Gasteiger partial charge >= 0.3 is 0 Å². The van der Waals surface area contributed by atoms with Gasteiger partial charge in [0.15, 0.2) is 0 Å². The van der Waals surface area contributed by atoms with E-state index in [9.17, 15) is 0 Å². The minimum Gasteiger partial charge on any atom is -0.383 e. The molecule has 1 fully saturated rings. The van der Waals surface area contributed by atoms with Gasteiger partial charge in [-0.25, -0.2) is 0 Å². The van der Waals surface area contributed by atoms with Gasteiger partial charge in [-0.2, -0.15) is 0 Å². The van der Waals surface area contributed by atoms with Crippen LogP contribution in [0.3, 0.4) is 0 Å². The van der Waals surface area contributed by atoms with E-state index < -0.39 is 0 Å². The summed E-state index contributed by atoms with van der Waals surface area (Å²) in [5.74, 6) is 0. The van der Waals surface area contributed by atoms with Crippen molar-refractivity contribution < 1.29 is 0 Å². The van der Waals surface area contributed by atoms with Crippen LogP contribution in [0.15, 0.2) is 18.5 Å². The summed E-state index contributed by atoms with van der Waals surface area (Å²) in [5, 5.41) is 4.04. The Bertz CT molecular complexity index is 308. The molecule has 1 aromatic rings. The van der Waals surface area contributed by atoms with Crippen molar-refractivity contribution in [1.82, 2.24) is 4.98 Å². The standard InChI is InChI=1S/C10H13ClN2/c1-10(3-4-10)7-13-9-2-5-12-6-8(9)11/h2,5-6H,3-4,7H2,1H3,(H,12,13). The molecule has 1 aliphatic rings. The Hall–Kier alpha value is -0.760. The fourth-order valence-electron chi connectivity index (χ4n) is 1.22. The largest absolute Gasteiger partial charge is 0.383 e. The van der Waals surface area contributed by atoms with Crippen molar-refractivity contribution in [2.45, 2.75) is 19.8 Å². The van der Waals surface area contributed by atoms with Gasteiger partial charge in [-0.15, -0.1) is 0 Å². The Labute approximate surface area is 83.3 Å². The summed E-state index contributed by atoms with van der Waals surface area (Å²) in [4.78, 5) is 3.93. The molecule has 1 aromatic heterocycles. The molecule has 3 heteroatoms. The number of nitrogens with zero attached hydrogens (tertiary/aromatic N) is 1. The van der Waals surface area contributed by atoms with Crippen LogP contribution in [-0.4, -0.2) is 11.5 Å². The topological polar surface area (TPSA) is 24.9 Å². The minimum absolute atomic E-state index is 0.507. The molecule has 70 valence electrons. The Morgan fingerprint density at radius 2 is 2.38 bits per heavy atom. The highest BCUT2D eigenvalue weighted by Crippen LogP contribution is 2.44. The maximum absolute atomic E-state index is 5.95. The molecule has 1 N–H and O–H groups in total. The highest BCUT2D eigenvalue weighted by atomic mass is 35.5. The molecule has 1 heterocycles. The van der Waals surface area contributed by atoms with Crippen molar-refractivity contribution in [3.63, 3.8) is 0 Å². The van der Waals surface area contributed by atoms with E-state index in [2.05, 4.69) is 17.2 Å². The van der Waals surface area contributed by atoms with E-state index in [-0.39, 0.29) is 0 Å². The maximum Gasteiger partial charge on any atom is 0.0820 e. The first-order valence-electron chi connectivity index (χ1n) is 4.53. The lowest BCUT2D eigenvalue weighted by molar-refractivity contribution is 0.611. The molecule has 0 amide bonds. The second-order valence-corrected chi connectivity index (χ2v) is 4.43. The van der Waals surface area contributed by atoms with Crippen molar-refractivity contribution >= 4 is 17.3 Å². The molecule has 0 spiro atoms. The number of anilines is 1. The summed E-state index contributed by atoms with van der Waals surface area (Å²) in [6.45, 7) is 3.30. The van der Waals surface area contributed by atoms with Gasteiger partial charge in [-0.1, -0.05) is 18.5 Å². The Morgan fingerprint density at radius 3 is 3.00 bits per heavy atom. The number of hydrogen-bond acceptors (Lipinski definition) is 2. The monoisotopic (exact) mass is 196 g/mol. The Kier molecular flexibility index (Phi) is 2.16. The van der Waals surface area contributed by atoms with Gasteiger partial charge in [-0.05, 0) is 24.3 Å². The summed E-state index contributed by atoms with van der Waals surface area (Å²) in [5.41, 5.74) is 1.50. The second-order valence-electron chi connectivity index (χ2n) is 4.02. The first-order valence-corrected chi connectivity index (χ1v) is 4.91. The SMILES string of the molecule is CC1(CNc2ccncc2Cl)CC1. The number of rotatable bonds is 3. The third-order valence-corrected chi connectivity index (χ3v) is 2.88. The smallest absolute Gasteiger partial charge is 0.0820 e. The van der Waals surface area contributed by atoms with Crippen LogP contribution in [0.5, 0.6) is 0 Å². The van der Waals surface area contributed by atoms with E-state index in [1.807, 2.05) is 6.07 Å². The number of halogens is 1. The van der Waals surface area contributed by atoms with E-state index in [1.54, 1.807) is 12.4 Å². The summed E-state index contributed by atoms with van der Waals surface area (Å²) < 4.78 is 0. The summed E-state index contributed by atoms with van der Waals surface area (Å²) in [6, 6.07) is 1.91. The van der Waals surface area contributed by atoms with E-state index in [0.717, 1.165) is 12.2 Å². The lowest BCUT2D eigenvalue weighted by atomic mass is 10.1. The van der Waals surface area contributed by atoms with Gasteiger partial charge in [0.05, 0.1) is 10.7 Å². The average molecular weight is 197 g/mol. The minimum atomic E-state index is 0.507. The quantitative estimate of drug-likeness (QED) is 0.804. The van der Waals surface area contributed by atoms with Crippen LogP contribution in [0.2, 0.25) is 5.02 Å². The zero-order valence-corrected chi connectivity index (χ0v) is 8.43. The predicted molar refractivity (Wildman–Crippen MR) is 55.1 cm³/mol. The van der Waals surface area contributed by atoms with Gasteiger partial charge in [0, 0.05) is 18.9 Å². The molecule has 1 saturated carbocycles. The zero-order valence-electron chi connectivity index (χ0n) is 7.68. The summed E-state index contributed by atoms with van der Waals surface area (Å²) in [7, 11) is 0. The molecule has 0 aromatic carbocycles. The molecule has 0 atom stereocenters. The fraction of sp³-hybridized carbons (Fsp3) is 0.500. The summed E-state index contributed by atoms with van der Waals surface area (Å²) in [6.07, 6.45) is 6.06. The third kappa shape index (κ3) is 2.13. The number of aromatic nitrogens is 1. The molecule has 1 aliphatic carbocycles. The summed E-state index contributed by atoms with van der Waals surface area (Å²) >= 11 is 5.95. The normalized spacial score (nSPS) is 18.3. The van der Waals surface area contributed by atoms with Gasteiger partial charge in [0.1, 0.15) is 0 Å². The van der Waals surface area contributed by atoms with Crippen LogP contribution >= 0.6 is 11.6 Å². The van der Waals surface area contributed by atoms with Gasteiger partial charge < -0.3 is 5.32 Å². The van der Waals surface area contributed by atoms with Crippen LogP contribution in [0.1, 0.15) is 19.8 Å². The number of hydrogen-bond donors (Lipinski definition) is 1. The molecular weight excluding hydrogens is 184 g/mol. The molecule has 13 heavy (non-hydrogen) atoms. The molecule has 0 saturated heterocycles. The van der Waals surface area contributed by atoms with E-state index in [1.165, 1.54) is 12.8 Å². The van der Waals surface area contributed by atoms with Crippen LogP contribution < -0.4 is 5.32 Å². The van der Waals surface area contributed by atoms with E-state index in [4.69, 9.17) is 11.6 Å². The van der Waals surface area contributed by atoms with Gasteiger partial charge in [-0.3, -0.25) is 4.98 Å². The fourth-order valence-corrected chi connectivity index (χ4v) is 1.40. The Morgan fingerprint density at radius 1 is 1.62 bits per heavy atom. The van der Waals surface area contributed by atoms with Gasteiger partial charge in [0.2, 0.25) is 0 Å². The lowest BCUT2D eigenvalue weighted by Crippen LogP contribution is -2.11. The van der Waals surface area contributed by atoms with Crippen molar-refractivity contribution in [2.24, 2.45) is 5.41 Å². The maximum atomic E-state index is 5.95. The third-order valence-electron chi connectivity index (χ3n) is 2.58.